The molecule has 0 aromatic carbocycles. The second kappa shape index (κ2) is 8.14. The van der Waals surface area contributed by atoms with E-state index >= 15 is 0 Å². The van der Waals surface area contributed by atoms with E-state index in [0.29, 0.717) is 18.8 Å². The Morgan fingerprint density at radius 2 is 2.10 bits per heavy atom. The third kappa shape index (κ3) is 4.85. The van der Waals surface area contributed by atoms with Gasteiger partial charge in [-0.3, -0.25) is 0 Å². The van der Waals surface area contributed by atoms with Crippen LogP contribution in [0.2, 0.25) is 0 Å². The number of furan rings is 1. The normalized spacial score (nSPS) is 12.2. The SMILES string of the molecule is CCCN(CC)CCNS(=O)(=O)c1cc(CN)oc1Br. The number of hydrogen-bond acceptors (Lipinski definition) is 5. The van der Waals surface area contributed by atoms with E-state index in [1.54, 1.807) is 0 Å². The fourth-order valence-electron chi connectivity index (χ4n) is 1.84. The summed E-state index contributed by atoms with van der Waals surface area (Å²) in [5, 5.41) is 0. The van der Waals surface area contributed by atoms with E-state index in [9.17, 15) is 8.42 Å². The lowest BCUT2D eigenvalue weighted by atomic mass is 10.4. The van der Waals surface area contributed by atoms with Crippen LogP contribution < -0.4 is 10.5 Å². The molecule has 0 saturated heterocycles. The van der Waals surface area contributed by atoms with Gasteiger partial charge < -0.3 is 15.1 Å². The molecule has 1 aromatic heterocycles. The molecule has 0 fully saturated rings. The number of nitrogens with zero attached hydrogens (tertiary/aromatic N) is 1. The minimum Gasteiger partial charge on any atom is -0.452 e. The zero-order chi connectivity index (χ0) is 15.2. The van der Waals surface area contributed by atoms with Crippen LogP contribution >= 0.6 is 15.9 Å². The highest BCUT2D eigenvalue weighted by Gasteiger charge is 2.21. The number of sulfonamides is 1. The maximum atomic E-state index is 12.1. The number of nitrogens with two attached hydrogens (primary N) is 1. The van der Waals surface area contributed by atoms with E-state index in [4.69, 9.17) is 10.2 Å². The average Bonchev–Trinajstić information content (AvgIpc) is 2.79. The molecule has 116 valence electrons. The minimum atomic E-state index is -3.57. The maximum absolute atomic E-state index is 12.1. The fourth-order valence-corrected chi connectivity index (χ4v) is 3.86. The molecule has 3 N–H and O–H groups in total. The molecule has 8 heteroatoms. The van der Waals surface area contributed by atoms with Crippen molar-refractivity contribution in [3.05, 3.63) is 16.5 Å². The van der Waals surface area contributed by atoms with Gasteiger partial charge in [-0.1, -0.05) is 13.8 Å². The Balaban J connectivity index is 2.63. The van der Waals surface area contributed by atoms with Crippen molar-refractivity contribution in [1.82, 2.24) is 9.62 Å². The van der Waals surface area contributed by atoms with Crippen LogP contribution in [0.3, 0.4) is 0 Å². The second-order valence-electron chi connectivity index (χ2n) is 4.39. The van der Waals surface area contributed by atoms with Crippen LogP contribution in [0, 0.1) is 0 Å². The van der Waals surface area contributed by atoms with Crippen LogP contribution in [0.4, 0.5) is 0 Å². The standard InChI is InChI=1S/C12H22BrN3O3S/c1-3-6-16(4-2)7-5-15-20(17,18)11-8-10(9-14)19-12(11)13/h8,15H,3-7,9,14H2,1-2H3. The van der Waals surface area contributed by atoms with Gasteiger partial charge in [0.25, 0.3) is 0 Å². The third-order valence-electron chi connectivity index (χ3n) is 2.90. The van der Waals surface area contributed by atoms with E-state index < -0.39 is 10.0 Å². The first-order valence-electron chi connectivity index (χ1n) is 6.64. The van der Waals surface area contributed by atoms with Crippen molar-refractivity contribution in [3.63, 3.8) is 0 Å². The number of hydrogen-bond donors (Lipinski definition) is 2. The first kappa shape index (κ1) is 17.6. The summed E-state index contributed by atoms with van der Waals surface area (Å²) >= 11 is 3.10. The molecular formula is C12H22BrN3O3S. The first-order valence-corrected chi connectivity index (χ1v) is 8.92. The largest absolute Gasteiger partial charge is 0.452 e. The summed E-state index contributed by atoms with van der Waals surface area (Å²) in [5.41, 5.74) is 5.43. The van der Waals surface area contributed by atoms with E-state index in [0.717, 1.165) is 19.5 Å². The fraction of sp³-hybridized carbons (Fsp3) is 0.667. The monoisotopic (exact) mass is 367 g/mol. The van der Waals surface area contributed by atoms with Crippen LogP contribution in [0.5, 0.6) is 0 Å². The van der Waals surface area contributed by atoms with Crippen LogP contribution in [0.1, 0.15) is 26.0 Å². The molecule has 1 aromatic rings. The van der Waals surface area contributed by atoms with Gasteiger partial charge in [0.15, 0.2) is 4.67 Å². The van der Waals surface area contributed by atoms with E-state index in [-0.39, 0.29) is 16.1 Å². The molecule has 6 nitrogen and oxygen atoms in total. The molecule has 0 aliphatic rings. The summed E-state index contributed by atoms with van der Waals surface area (Å²) in [6.07, 6.45) is 1.05. The van der Waals surface area contributed by atoms with Crippen molar-refractivity contribution in [2.75, 3.05) is 26.2 Å². The molecule has 0 saturated carbocycles. The van der Waals surface area contributed by atoms with Gasteiger partial charge in [-0.15, -0.1) is 0 Å². The highest BCUT2D eigenvalue weighted by molar-refractivity contribution is 9.10. The lowest BCUT2D eigenvalue weighted by Crippen LogP contribution is -2.35. The summed E-state index contributed by atoms with van der Waals surface area (Å²) in [4.78, 5) is 2.29. The van der Waals surface area contributed by atoms with Gasteiger partial charge in [0.1, 0.15) is 10.7 Å². The summed E-state index contributed by atoms with van der Waals surface area (Å²) in [6.45, 7) is 7.24. The zero-order valence-electron chi connectivity index (χ0n) is 11.9. The van der Waals surface area contributed by atoms with E-state index in [1.807, 2.05) is 0 Å². The number of likely N-dealkylation sites (N-methyl/N-ethyl adjacent to an activating group) is 1. The van der Waals surface area contributed by atoms with Crippen molar-refractivity contribution >= 4 is 26.0 Å². The van der Waals surface area contributed by atoms with E-state index in [2.05, 4.69) is 39.4 Å². The van der Waals surface area contributed by atoms with Crippen molar-refractivity contribution in [2.45, 2.75) is 31.7 Å². The summed E-state index contributed by atoms with van der Waals surface area (Å²) in [6, 6.07) is 1.44. The Labute approximate surface area is 128 Å². The minimum absolute atomic E-state index is 0.0940. The Bertz CT molecular complexity index is 516. The van der Waals surface area contributed by atoms with Crippen LogP contribution in [0.25, 0.3) is 0 Å². The highest BCUT2D eigenvalue weighted by Crippen LogP contribution is 2.25. The van der Waals surface area contributed by atoms with Crippen LogP contribution in [-0.4, -0.2) is 39.5 Å². The van der Waals surface area contributed by atoms with Gasteiger partial charge in [0.2, 0.25) is 10.0 Å². The summed E-state index contributed by atoms with van der Waals surface area (Å²) in [7, 11) is -3.57. The van der Waals surface area contributed by atoms with Crippen molar-refractivity contribution in [1.29, 1.82) is 0 Å². The summed E-state index contributed by atoms with van der Waals surface area (Å²) in [5.74, 6) is 0.429. The topological polar surface area (TPSA) is 88.6 Å². The van der Waals surface area contributed by atoms with Crippen molar-refractivity contribution in [3.8, 4) is 0 Å². The molecule has 20 heavy (non-hydrogen) atoms. The van der Waals surface area contributed by atoms with Gasteiger partial charge >= 0.3 is 0 Å². The lowest BCUT2D eigenvalue weighted by molar-refractivity contribution is 0.293. The maximum Gasteiger partial charge on any atom is 0.245 e. The predicted octanol–water partition coefficient (Wildman–Crippen LogP) is 1.51. The second-order valence-corrected chi connectivity index (χ2v) is 6.84. The molecule has 0 atom stereocenters. The number of rotatable bonds is 9. The van der Waals surface area contributed by atoms with Crippen LogP contribution in [-0.2, 0) is 16.6 Å². The molecule has 0 aliphatic carbocycles. The van der Waals surface area contributed by atoms with Crippen molar-refractivity contribution < 1.29 is 12.8 Å². The van der Waals surface area contributed by atoms with Crippen molar-refractivity contribution in [2.24, 2.45) is 5.73 Å². The lowest BCUT2D eigenvalue weighted by Gasteiger charge is -2.19. The third-order valence-corrected chi connectivity index (χ3v) is 5.22. The first-order chi connectivity index (χ1) is 9.44. The Kier molecular flexibility index (Phi) is 7.18. The molecule has 0 unspecified atom stereocenters. The quantitative estimate of drug-likeness (QED) is 0.690. The van der Waals surface area contributed by atoms with Gasteiger partial charge in [0.05, 0.1) is 6.54 Å². The number of nitrogens with one attached hydrogen (secondary N) is 1. The Morgan fingerprint density at radius 1 is 1.40 bits per heavy atom. The molecule has 0 aliphatic heterocycles. The zero-order valence-corrected chi connectivity index (χ0v) is 14.3. The molecule has 1 rings (SSSR count). The molecular weight excluding hydrogens is 346 g/mol. The molecule has 0 bridgehead atoms. The van der Waals surface area contributed by atoms with Gasteiger partial charge in [-0.05, 0) is 35.4 Å². The Hall–Kier alpha value is -0.410. The number of halogens is 1. The smallest absolute Gasteiger partial charge is 0.245 e. The van der Waals surface area contributed by atoms with Crippen LogP contribution in [0.15, 0.2) is 20.0 Å². The van der Waals surface area contributed by atoms with Gasteiger partial charge in [-0.2, -0.15) is 0 Å². The van der Waals surface area contributed by atoms with E-state index in [1.165, 1.54) is 6.07 Å². The molecule has 1 heterocycles. The molecule has 0 amide bonds. The predicted molar refractivity (Wildman–Crippen MR) is 81.9 cm³/mol. The summed E-state index contributed by atoms with van der Waals surface area (Å²) < 4.78 is 32.3. The van der Waals surface area contributed by atoms with Gasteiger partial charge in [0, 0.05) is 19.2 Å². The van der Waals surface area contributed by atoms with Gasteiger partial charge in [-0.25, -0.2) is 13.1 Å². The molecule has 0 spiro atoms. The Morgan fingerprint density at radius 3 is 2.60 bits per heavy atom. The molecule has 0 radical (unpaired) electrons. The average molecular weight is 368 g/mol. The highest BCUT2D eigenvalue weighted by atomic mass is 79.9.